The van der Waals surface area contributed by atoms with Crippen molar-refractivity contribution in [3.63, 3.8) is 0 Å². The maximum Gasteiger partial charge on any atom is 0.270 e. The SMILES string of the molecule is CC(=O)Nc1ccc(C(=O)N[C@H]2CCC[C@H]2F)nc1. The van der Waals surface area contributed by atoms with Crippen LogP contribution in [-0.4, -0.2) is 29.0 Å². The van der Waals surface area contributed by atoms with Crippen LogP contribution in [0.5, 0.6) is 0 Å². The van der Waals surface area contributed by atoms with Gasteiger partial charge in [-0.05, 0) is 31.4 Å². The number of rotatable bonds is 3. The van der Waals surface area contributed by atoms with Gasteiger partial charge in [0.1, 0.15) is 11.9 Å². The minimum atomic E-state index is -0.970. The minimum absolute atomic E-state index is 0.203. The number of nitrogens with zero attached hydrogens (tertiary/aromatic N) is 1. The third kappa shape index (κ3) is 3.49. The summed E-state index contributed by atoms with van der Waals surface area (Å²) in [6, 6.07) is 2.68. The number of carbonyl (C=O) groups is 2. The van der Waals surface area contributed by atoms with Gasteiger partial charge >= 0.3 is 0 Å². The van der Waals surface area contributed by atoms with Crippen LogP contribution in [0.3, 0.4) is 0 Å². The quantitative estimate of drug-likeness (QED) is 0.873. The summed E-state index contributed by atoms with van der Waals surface area (Å²) in [5.41, 5.74) is 0.737. The van der Waals surface area contributed by atoms with E-state index in [4.69, 9.17) is 0 Å². The average molecular weight is 265 g/mol. The molecule has 1 aromatic rings. The molecule has 1 fully saturated rings. The first kappa shape index (κ1) is 13.5. The van der Waals surface area contributed by atoms with Crippen LogP contribution in [0.1, 0.15) is 36.7 Å². The predicted octanol–water partition coefficient (Wildman–Crippen LogP) is 1.66. The van der Waals surface area contributed by atoms with E-state index in [1.807, 2.05) is 0 Å². The first-order valence-corrected chi connectivity index (χ1v) is 6.25. The molecule has 2 N–H and O–H groups in total. The van der Waals surface area contributed by atoms with Crippen LogP contribution in [0.2, 0.25) is 0 Å². The molecule has 0 spiro atoms. The molecule has 0 unspecified atom stereocenters. The summed E-state index contributed by atoms with van der Waals surface area (Å²) in [6.07, 6.45) is 2.39. The Balaban J connectivity index is 1.97. The van der Waals surface area contributed by atoms with Gasteiger partial charge in [0.2, 0.25) is 5.91 Å². The number of nitrogens with one attached hydrogen (secondary N) is 2. The molecule has 0 bridgehead atoms. The summed E-state index contributed by atoms with van der Waals surface area (Å²) in [5, 5.41) is 5.20. The molecule has 5 nitrogen and oxygen atoms in total. The number of carbonyl (C=O) groups excluding carboxylic acids is 2. The van der Waals surface area contributed by atoms with Crippen molar-refractivity contribution in [1.29, 1.82) is 0 Å². The van der Waals surface area contributed by atoms with Crippen LogP contribution < -0.4 is 10.6 Å². The van der Waals surface area contributed by atoms with Gasteiger partial charge in [-0.25, -0.2) is 9.37 Å². The zero-order valence-corrected chi connectivity index (χ0v) is 10.6. The van der Waals surface area contributed by atoms with E-state index in [2.05, 4.69) is 15.6 Å². The number of alkyl halides is 1. The number of hydrogen-bond acceptors (Lipinski definition) is 3. The highest BCUT2D eigenvalue weighted by atomic mass is 19.1. The molecular weight excluding hydrogens is 249 g/mol. The zero-order valence-electron chi connectivity index (χ0n) is 10.6. The van der Waals surface area contributed by atoms with Gasteiger partial charge in [0.15, 0.2) is 0 Å². The Morgan fingerprint density at radius 2 is 2.16 bits per heavy atom. The van der Waals surface area contributed by atoms with Crippen molar-refractivity contribution < 1.29 is 14.0 Å². The van der Waals surface area contributed by atoms with Crippen molar-refractivity contribution in [3.05, 3.63) is 24.0 Å². The molecule has 6 heteroatoms. The van der Waals surface area contributed by atoms with E-state index in [1.165, 1.54) is 19.2 Å². The monoisotopic (exact) mass is 265 g/mol. The Morgan fingerprint density at radius 1 is 1.37 bits per heavy atom. The number of amides is 2. The van der Waals surface area contributed by atoms with Crippen molar-refractivity contribution >= 4 is 17.5 Å². The molecule has 1 aromatic heterocycles. The Hall–Kier alpha value is -1.98. The predicted molar refractivity (Wildman–Crippen MR) is 68.5 cm³/mol. The number of pyridine rings is 1. The summed E-state index contributed by atoms with van der Waals surface area (Å²) in [4.78, 5) is 26.6. The standard InChI is InChI=1S/C13H16FN3O2/c1-8(18)16-9-5-6-12(15-7-9)13(19)17-11-4-2-3-10(11)14/h5-7,10-11H,2-4H2,1H3,(H,16,18)(H,17,19)/t10-,11+/m1/s1. The molecule has 2 atom stereocenters. The van der Waals surface area contributed by atoms with Crippen LogP contribution in [0.25, 0.3) is 0 Å². The van der Waals surface area contributed by atoms with Crippen molar-refractivity contribution in [3.8, 4) is 0 Å². The van der Waals surface area contributed by atoms with Crippen LogP contribution in [0.15, 0.2) is 18.3 Å². The molecule has 1 aliphatic rings. The minimum Gasteiger partial charge on any atom is -0.345 e. The molecule has 0 aromatic carbocycles. The van der Waals surface area contributed by atoms with Crippen molar-refractivity contribution in [2.45, 2.75) is 38.4 Å². The van der Waals surface area contributed by atoms with Crippen LogP contribution >= 0.6 is 0 Å². The number of hydrogen-bond donors (Lipinski definition) is 2. The van der Waals surface area contributed by atoms with Gasteiger partial charge in [-0.1, -0.05) is 0 Å². The molecule has 2 amide bonds. The second kappa shape index (κ2) is 5.77. The maximum atomic E-state index is 13.4. The zero-order chi connectivity index (χ0) is 13.8. The van der Waals surface area contributed by atoms with Crippen molar-refractivity contribution in [2.75, 3.05) is 5.32 Å². The maximum absolute atomic E-state index is 13.4. The Bertz CT molecular complexity index is 475. The summed E-state index contributed by atoms with van der Waals surface area (Å²) in [7, 11) is 0. The molecule has 0 radical (unpaired) electrons. The van der Waals surface area contributed by atoms with Crippen molar-refractivity contribution in [2.24, 2.45) is 0 Å². The molecule has 1 saturated carbocycles. The third-order valence-electron chi connectivity index (χ3n) is 3.06. The molecule has 0 saturated heterocycles. The lowest BCUT2D eigenvalue weighted by molar-refractivity contribution is -0.114. The van der Waals surface area contributed by atoms with Crippen molar-refractivity contribution in [1.82, 2.24) is 10.3 Å². The Kier molecular flexibility index (Phi) is 4.09. The van der Waals surface area contributed by atoms with Crippen LogP contribution in [-0.2, 0) is 4.79 Å². The van der Waals surface area contributed by atoms with E-state index < -0.39 is 12.2 Å². The van der Waals surface area contributed by atoms with Gasteiger partial charge in [0.05, 0.1) is 17.9 Å². The Labute approximate surface area is 110 Å². The lowest BCUT2D eigenvalue weighted by Gasteiger charge is -2.14. The topological polar surface area (TPSA) is 71.1 Å². The first-order valence-electron chi connectivity index (χ1n) is 6.25. The second-order valence-electron chi connectivity index (χ2n) is 4.64. The number of aromatic nitrogens is 1. The number of anilines is 1. The molecule has 2 rings (SSSR count). The highest BCUT2D eigenvalue weighted by molar-refractivity contribution is 5.93. The van der Waals surface area contributed by atoms with Crippen LogP contribution in [0, 0.1) is 0 Å². The van der Waals surface area contributed by atoms with Gasteiger partial charge in [0.25, 0.3) is 5.91 Å². The highest BCUT2D eigenvalue weighted by Gasteiger charge is 2.28. The smallest absolute Gasteiger partial charge is 0.270 e. The molecule has 1 aliphatic carbocycles. The van der Waals surface area contributed by atoms with Gasteiger partial charge in [-0.15, -0.1) is 0 Å². The fraction of sp³-hybridized carbons (Fsp3) is 0.462. The summed E-state index contributed by atoms with van der Waals surface area (Å²) in [6.45, 7) is 1.39. The summed E-state index contributed by atoms with van der Waals surface area (Å²) < 4.78 is 13.4. The normalized spacial score (nSPS) is 22.0. The van der Waals surface area contributed by atoms with E-state index in [1.54, 1.807) is 6.07 Å². The van der Waals surface area contributed by atoms with E-state index in [0.717, 1.165) is 6.42 Å². The van der Waals surface area contributed by atoms with Gasteiger partial charge < -0.3 is 10.6 Å². The fourth-order valence-corrected chi connectivity index (χ4v) is 2.13. The summed E-state index contributed by atoms with van der Waals surface area (Å²) >= 11 is 0. The molecule has 102 valence electrons. The molecule has 0 aliphatic heterocycles. The van der Waals surface area contributed by atoms with E-state index in [0.29, 0.717) is 18.5 Å². The largest absolute Gasteiger partial charge is 0.345 e. The fourth-order valence-electron chi connectivity index (χ4n) is 2.13. The average Bonchev–Trinajstić information content (AvgIpc) is 2.75. The second-order valence-corrected chi connectivity index (χ2v) is 4.64. The first-order chi connectivity index (χ1) is 9.06. The lowest BCUT2D eigenvalue weighted by atomic mass is 10.2. The van der Waals surface area contributed by atoms with Gasteiger partial charge in [-0.3, -0.25) is 9.59 Å². The van der Waals surface area contributed by atoms with Gasteiger partial charge in [0, 0.05) is 6.92 Å². The van der Waals surface area contributed by atoms with E-state index in [-0.39, 0.29) is 17.5 Å². The van der Waals surface area contributed by atoms with E-state index >= 15 is 0 Å². The van der Waals surface area contributed by atoms with E-state index in [9.17, 15) is 14.0 Å². The molecule has 1 heterocycles. The van der Waals surface area contributed by atoms with Gasteiger partial charge in [-0.2, -0.15) is 0 Å². The highest BCUT2D eigenvalue weighted by Crippen LogP contribution is 2.22. The Morgan fingerprint density at radius 3 is 2.68 bits per heavy atom. The number of halogens is 1. The summed E-state index contributed by atoms with van der Waals surface area (Å²) in [5.74, 6) is -0.589. The van der Waals surface area contributed by atoms with Crippen LogP contribution in [0.4, 0.5) is 10.1 Å². The molecular formula is C13H16FN3O2. The lowest BCUT2D eigenvalue weighted by Crippen LogP contribution is -2.38. The third-order valence-corrected chi connectivity index (χ3v) is 3.06. The molecule has 19 heavy (non-hydrogen) atoms.